The van der Waals surface area contributed by atoms with E-state index in [1.807, 2.05) is 0 Å². The lowest BCUT2D eigenvalue weighted by atomic mass is 10.2. The SMILES string of the molecule is COC(=O)CNC(=O)c1cccc(NC(=O)CCCOc2cccc(F)c2)c1. The zero-order valence-electron chi connectivity index (χ0n) is 15.4. The van der Waals surface area contributed by atoms with Crippen LogP contribution in [0.3, 0.4) is 0 Å². The predicted molar refractivity (Wildman–Crippen MR) is 101 cm³/mol. The van der Waals surface area contributed by atoms with Crippen LogP contribution in [0.1, 0.15) is 23.2 Å². The maximum atomic E-state index is 13.0. The summed E-state index contributed by atoms with van der Waals surface area (Å²) < 4.78 is 22.9. The number of ether oxygens (including phenoxy) is 2. The first kappa shape index (κ1) is 20.9. The first-order valence-corrected chi connectivity index (χ1v) is 8.61. The average molecular weight is 388 g/mol. The summed E-state index contributed by atoms with van der Waals surface area (Å²) in [6, 6.07) is 12.1. The van der Waals surface area contributed by atoms with Crippen molar-refractivity contribution in [3.05, 3.63) is 59.9 Å². The molecule has 2 rings (SSSR count). The quantitative estimate of drug-likeness (QED) is 0.509. The largest absolute Gasteiger partial charge is 0.493 e. The number of carbonyl (C=O) groups excluding carboxylic acids is 3. The molecular weight excluding hydrogens is 367 g/mol. The lowest BCUT2D eigenvalue weighted by molar-refractivity contribution is -0.139. The third-order valence-corrected chi connectivity index (χ3v) is 3.64. The van der Waals surface area contributed by atoms with E-state index >= 15 is 0 Å². The molecule has 0 aromatic heterocycles. The molecule has 0 atom stereocenters. The summed E-state index contributed by atoms with van der Waals surface area (Å²) in [4.78, 5) is 35.1. The fourth-order valence-corrected chi connectivity index (χ4v) is 2.27. The van der Waals surface area contributed by atoms with Gasteiger partial charge in [0.25, 0.3) is 5.91 Å². The standard InChI is InChI=1S/C20H21FN2O5/c1-27-19(25)13-22-20(26)14-5-2-7-16(11-14)23-18(24)9-4-10-28-17-8-3-6-15(21)12-17/h2-3,5-8,11-12H,4,9-10,13H2,1H3,(H,22,26)(H,23,24). The number of nitrogens with one attached hydrogen (secondary N) is 2. The van der Waals surface area contributed by atoms with E-state index in [9.17, 15) is 18.8 Å². The number of benzene rings is 2. The van der Waals surface area contributed by atoms with Crippen LogP contribution in [0.4, 0.5) is 10.1 Å². The first-order valence-electron chi connectivity index (χ1n) is 8.61. The second-order valence-electron chi connectivity index (χ2n) is 5.80. The highest BCUT2D eigenvalue weighted by Gasteiger charge is 2.10. The van der Waals surface area contributed by atoms with Gasteiger partial charge < -0.3 is 20.1 Å². The molecule has 28 heavy (non-hydrogen) atoms. The molecule has 0 heterocycles. The number of hydrogen-bond acceptors (Lipinski definition) is 5. The van der Waals surface area contributed by atoms with E-state index in [1.54, 1.807) is 30.3 Å². The van der Waals surface area contributed by atoms with Crippen molar-refractivity contribution in [3.63, 3.8) is 0 Å². The maximum Gasteiger partial charge on any atom is 0.325 e. The van der Waals surface area contributed by atoms with Crippen LogP contribution >= 0.6 is 0 Å². The zero-order valence-corrected chi connectivity index (χ0v) is 15.4. The number of amides is 2. The van der Waals surface area contributed by atoms with Gasteiger partial charge in [-0.1, -0.05) is 12.1 Å². The maximum absolute atomic E-state index is 13.0. The average Bonchev–Trinajstić information content (AvgIpc) is 2.69. The topological polar surface area (TPSA) is 93.7 Å². The van der Waals surface area contributed by atoms with Gasteiger partial charge in [-0.2, -0.15) is 0 Å². The minimum absolute atomic E-state index is 0.202. The van der Waals surface area contributed by atoms with Crippen LogP contribution in [0.2, 0.25) is 0 Å². The Kier molecular flexibility index (Phi) is 7.95. The molecule has 2 N–H and O–H groups in total. The Balaban J connectivity index is 1.77. The van der Waals surface area contributed by atoms with E-state index in [0.717, 1.165) is 0 Å². The van der Waals surface area contributed by atoms with Crippen molar-refractivity contribution in [1.29, 1.82) is 0 Å². The van der Waals surface area contributed by atoms with Crippen LogP contribution in [0, 0.1) is 5.82 Å². The van der Waals surface area contributed by atoms with Crippen molar-refractivity contribution in [2.45, 2.75) is 12.8 Å². The van der Waals surface area contributed by atoms with Crippen molar-refractivity contribution >= 4 is 23.5 Å². The molecule has 2 aromatic carbocycles. The molecule has 0 aliphatic heterocycles. The number of methoxy groups -OCH3 is 1. The molecule has 2 aromatic rings. The Labute approximate surface area is 161 Å². The number of halogens is 1. The molecule has 0 radical (unpaired) electrons. The molecule has 0 fully saturated rings. The summed E-state index contributed by atoms with van der Waals surface area (Å²) in [6.45, 7) is 0.0318. The zero-order chi connectivity index (χ0) is 20.4. The Morgan fingerprint density at radius 2 is 1.86 bits per heavy atom. The Bertz CT molecular complexity index is 841. The highest BCUT2D eigenvalue weighted by molar-refractivity contribution is 5.98. The van der Waals surface area contributed by atoms with E-state index in [2.05, 4.69) is 15.4 Å². The van der Waals surface area contributed by atoms with E-state index in [0.29, 0.717) is 23.4 Å². The highest BCUT2D eigenvalue weighted by Crippen LogP contribution is 2.13. The summed E-state index contributed by atoms with van der Waals surface area (Å²) >= 11 is 0. The second-order valence-corrected chi connectivity index (χ2v) is 5.80. The normalized spacial score (nSPS) is 10.1. The third kappa shape index (κ3) is 7.06. The summed E-state index contributed by atoms with van der Waals surface area (Å²) in [5.41, 5.74) is 0.762. The summed E-state index contributed by atoms with van der Waals surface area (Å²) in [6.07, 6.45) is 0.649. The van der Waals surface area contributed by atoms with Gasteiger partial charge in [-0.25, -0.2) is 4.39 Å². The van der Waals surface area contributed by atoms with Crippen molar-refractivity contribution in [2.24, 2.45) is 0 Å². The molecule has 7 nitrogen and oxygen atoms in total. The van der Waals surface area contributed by atoms with Crippen molar-refractivity contribution in [1.82, 2.24) is 5.32 Å². The summed E-state index contributed by atoms with van der Waals surface area (Å²) in [5, 5.41) is 5.12. The van der Waals surface area contributed by atoms with Crippen LogP contribution in [0.15, 0.2) is 48.5 Å². The molecule has 0 saturated carbocycles. The summed E-state index contributed by atoms with van der Waals surface area (Å²) in [5.74, 6) is -1.23. The Morgan fingerprint density at radius 1 is 1.07 bits per heavy atom. The number of esters is 1. The van der Waals surface area contributed by atoms with Crippen LogP contribution in [0.25, 0.3) is 0 Å². The van der Waals surface area contributed by atoms with Crippen LogP contribution in [-0.2, 0) is 14.3 Å². The van der Waals surface area contributed by atoms with Crippen LogP contribution < -0.4 is 15.4 Å². The molecule has 0 unspecified atom stereocenters. The monoisotopic (exact) mass is 388 g/mol. The predicted octanol–water partition coefficient (Wildman–Crippen LogP) is 2.53. The minimum atomic E-state index is -0.557. The summed E-state index contributed by atoms with van der Waals surface area (Å²) in [7, 11) is 1.23. The molecule has 0 bridgehead atoms. The van der Waals surface area contributed by atoms with Crippen LogP contribution in [-0.4, -0.2) is 38.0 Å². The fourth-order valence-electron chi connectivity index (χ4n) is 2.27. The van der Waals surface area contributed by atoms with Gasteiger partial charge in [-0.05, 0) is 36.8 Å². The Morgan fingerprint density at radius 3 is 2.61 bits per heavy atom. The minimum Gasteiger partial charge on any atom is -0.493 e. The number of carbonyl (C=O) groups is 3. The van der Waals surface area contributed by atoms with E-state index in [1.165, 1.54) is 25.3 Å². The van der Waals surface area contributed by atoms with Gasteiger partial charge in [0.2, 0.25) is 5.91 Å². The van der Waals surface area contributed by atoms with Gasteiger partial charge in [0.15, 0.2) is 0 Å². The molecular formula is C20H21FN2O5. The van der Waals surface area contributed by atoms with Gasteiger partial charge in [0.1, 0.15) is 18.1 Å². The highest BCUT2D eigenvalue weighted by atomic mass is 19.1. The second kappa shape index (κ2) is 10.7. The van der Waals surface area contributed by atoms with Gasteiger partial charge in [0.05, 0.1) is 13.7 Å². The smallest absolute Gasteiger partial charge is 0.325 e. The van der Waals surface area contributed by atoms with Gasteiger partial charge in [-0.3, -0.25) is 14.4 Å². The molecule has 0 aliphatic carbocycles. The number of rotatable bonds is 9. The lowest BCUT2D eigenvalue weighted by Crippen LogP contribution is -2.30. The molecule has 0 saturated heterocycles. The van der Waals surface area contributed by atoms with Crippen molar-refractivity contribution < 1.29 is 28.2 Å². The molecule has 8 heteroatoms. The van der Waals surface area contributed by atoms with Gasteiger partial charge in [-0.15, -0.1) is 0 Å². The first-order chi connectivity index (χ1) is 13.5. The number of hydrogen-bond donors (Lipinski definition) is 2. The fraction of sp³-hybridized carbons (Fsp3) is 0.250. The van der Waals surface area contributed by atoms with E-state index < -0.39 is 11.9 Å². The van der Waals surface area contributed by atoms with E-state index in [-0.39, 0.29) is 31.3 Å². The number of anilines is 1. The Hall–Kier alpha value is -3.42. The van der Waals surface area contributed by atoms with E-state index in [4.69, 9.17) is 4.74 Å². The molecule has 0 spiro atoms. The van der Waals surface area contributed by atoms with Crippen molar-refractivity contribution in [2.75, 3.05) is 25.6 Å². The molecule has 2 amide bonds. The van der Waals surface area contributed by atoms with Crippen LogP contribution in [0.5, 0.6) is 5.75 Å². The lowest BCUT2D eigenvalue weighted by Gasteiger charge is -2.09. The third-order valence-electron chi connectivity index (χ3n) is 3.64. The molecule has 148 valence electrons. The van der Waals surface area contributed by atoms with Gasteiger partial charge in [0, 0.05) is 23.7 Å². The molecule has 0 aliphatic rings. The van der Waals surface area contributed by atoms with Crippen molar-refractivity contribution in [3.8, 4) is 5.75 Å². The van der Waals surface area contributed by atoms with Gasteiger partial charge >= 0.3 is 5.97 Å².